The van der Waals surface area contributed by atoms with E-state index in [-0.39, 0.29) is 12.1 Å². The minimum atomic E-state index is 0.187. The molecule has 3 rings (SSSR count). The van der Waals surface area contributed by atoms with Crippen LogP contribution in [-0.2, 0) is 12.8 Å². The molecule has 1 fully saturated rings. The molecule has 2 aliphatic carbocycles. The van der Waals surface area contributed by atoms with Crippen molar-refractivity contribution in [1.82, 2.24) is 4.98 Å². The van der Waals surface area contributed by atoms with E-state index in [1.54, 1.807) is 0 Å². The van der Waals surface area contributed by atoms with Gasteiger partial charge in [-0.15, -0.1) is 0 Å². The number of nitrogens with two attached hydrogens (primary N) is 1. The van der Waals surface area contributed by atoms with Crippen molar-refractivity contribution in [3.8, 4) is 6.07 Å². The first-order chi connectivity index (χ1) is 8.78. The number of hydrogen-bond donors (Lipinski definition) is 2. The monoisotopic (exact) mass is 242 g/mol. The number of nitriles is 1. The van der Waals surface area contributed by atoms with Crippen molar-refractivity contribution in [3.63, 3.8) is 0 Å². The van der Waals surface area contributed by atoms with E-state index in [4.69, 9.17) is 5.73 Å². The van der Waals surface area contributed by atoms with Crippen LogP contribution in [0.15, 0.2) is 6.07 Å². The number of nitrogens with one attached hydrogen (secondary N) is 1. The van der Waals surface area contributed by atoms with Crippen LogP contribution in [0.3, 0.4) is 0 Å². The standard InChI is InChI=1S/C14H18N4/c15-8-10-7-9-3-1-5-12(9)17-14(10)18-13-6-2-4-11(13)16/h7,11,13H,1-6,16H2,(H,17,18). The van der Waals surface area contributed by atoms with E-state index >= 15 is 0 Å². The largest absolute Gasteiger partial charge is 0.365 e. The first kappa shape index (κ1) is 11.5. The molecular weight excluding hydrogens is 224 g/mol. The van der Waals surface area contributed by atoms with Gasteiger partial charge in [-0.25, -0.2) is 4.98 Å². The maximum Gasteiger partial charge on any atom is 0.144 e. The van der Waals surface area contributed by atoms with Crippen LogP contribution in [0.1, 0.15) is 42.5 Å². The van der Waals surface area contributed by atoms with Gasteiger partial charge in [0.05, 0.1) is 5.56 Å². The summed E-state index contributed by atoms with van der Waals surface area (Å²) in [5.41, 5.74) is 9.12. The van der Waals surface area contributed by atoms with Crippen molar-refractivity contribution < 1.29 is 0 Å². The minimum absolute atomic E-state index is 0.187. The molecule has 1 saturated carbocycles. The van der Waals surface area contributed by atoms with Gasteiger partial charge in [-0.3, -0.25) is 0 Å². The highest BCUT2D eigenvalue weighted by Crippen LogP contribution is 2.27. The lowest BCUT2D eigenvalue weighted by atomic mass is 10.1. The van der Waals surface area contributed by atoms with Crippen LogP contribution in [0.2, 0.25) is 0 Å². The van der Waals surface area contributed by atoms with E-state index < -0.39 is 0 Å². The molecule has 0 radical (unpaired) electrons. The highest BCUT2D eigenvalue weighted by atomic mass is 15.1. The number of anilines is 1. The zero-order valence-electron chi connectivity index (χ0n) is 10.4. The van der Waals surface area contributed by atoms with E-state index in [0.29, 0.717) is 5.56 Å². The van der Waals surface area contributed by atoms with Crippen LogP contribution in [-0.4, -0.2) is 17.1 Å². The van der Waals surface area contributed by atoms with Gasteiger partial charge in [-0.2, -0.15) is 5.26 Å². The van der Waals surface area contributed by atoms with Crippen molar-refractivity contribution in [2.24, 2.45) is 5.73 Å². The molecule has 0 amide bonds. The van der Waals surface area contributed by atoms with Gasteiger partial charge in [0.1, 0.15) is 11.9 Å². The summed E-state index contributed by atoms with van der Waals surface area (Å²) in [6, 6.07) is 4.70. The Bertz CT molecular complexity index is 503. The summed E-state index contributed by atoms with van der Waals surface area (Å²) in [6.45, 7) is 0. The van der Waals surface area contributed by atoms with Gasteiger partial charge in [-0.1, -0.05) is 0 Å². The third kappa shape index (κ3) is 1.95. The zero-order valence-corrected chi connectivity index (χ0v) is 10.4. The Morgan fingerprint density at radius 2 is 2.22 bits per heavy atom. The van der Waals surface area contributed by atoms with Crippen LogP contribution in [0.5, 0.6) is 0 Å². The molecule has 2 aliphatic rings. The SMILES string of the molecule is N#Cc1cc2c(nc1NC1CCCC1N)CCC2. The molecule has 0 spiro atoms. The summed E-state index contributed by atoms with van der Waals surface area (Å²) in [5, 5.41) is 12.6. The highest BCUT2D eigenvalue weighted by molar-refractivity contribution is 5.55. The molecule has 94 valence electrons. The predicted octanol–water partition coefficient (Wildman–Crippen LogP) is 1.73. The number of hydrogen-bond acceptors (Lipinski definition) is 4. The number of aryl methyl sites for hydroxylation is 2. The second-order valence-corrected chi connectivity index (χ2v) is 5.30. The molecule has 1 heterocycles. The third-order valence-corrected chi connectivity index (χ3v) is 4.06. The fraction of sp³-hybridized carbons (Fsp3) is 0.571. The first-order valence-electron chi connectivity index (χ1n) is 6.73. The van der Waals surface area contributed by atoms with Crippen LogP contribution in [0.4, 0.5) is 5.82 Å². The van der Waals surface area contributed by atoms with E-state index in [1.165, 1.54) is 5.56 Å². The Hall–Kier alpha value is -1.60. The Kier molecular flexibility index (Phi) is 2.92. The fourth-order valence-electron chi connectivity index (χ4n) is 3.01. The Morgan fingerprint density at radius 1 is 1.33 bits per heavy atom. The lowest BCUT2D eigenvalue weighted by Crippen LogP contribution is -2.35. The quantitative estimate of drug-likeness (QED) is 0.828. The van der Waals surface area contributed by atoms with Gasteiger partial charge in [0, 0.05) is 17.8 Å². The first-order valence-corrected chi connectivity index (χ1v) is 6.73. The van der Waals surface area contributed by atoms with Crippen LogP contribution in [0, 0.1) is 11.3 Å². The van der Waals surface area contributed by atoms with Crippen molar-refractivity contribution in [2.75, 3.05) is 5.32 Å². The van der Waals surface area contributed by atoms with Crippen LogP contribution >= 0.6 is 0 Å². The maximum atomic E-state index is 9.23. The average molecular weight is 242 g/mol. The third-order valence-electron chi connectivity index (χ3n) is 4.06. The van der Waals surface area contributed by atoms with E-state index in [2.05, 4.69) is 16.4 Å². The Labute approximate surface area is 107 Å². The summed E-state index contributed by atoms with van der Waals surface area (Å²) < 4.78 is 0. The summed E-state index contributed by atoms with van der Waals surface area (Å²) in [6.07, 6.45) is 6.53. The van der Waals surface area contributed by atoms with Crippen LogP contribution < -0.4 is 11.1 Å². The fourth-order valence-corrected chi connectivity index (χ4v) is 3.01. The topological polar surface area (TPSA) is 74.7 Å². The van der Waals surface area contributed by atoms with Gasteiger partial charge >= 0.3 is 0 Å². The number of aromatic nitrogens is 1. The van der Waals surface area contributed by atoms with Gasteiger partial charge in [0.15, 0.2) is 0 Å². The smallest absolute Gasteiger partial charge is 0.144 e. The number of nitrogens with zero attached hydrogens (tertiary/aromatic N) is 2. The minimum Gasteiger partial charge on any atom is -0.365 e. The normalized spacial score (nSPS) is 25.8. The maximum absolute atomic E-state index is 9.23. The van der Waals surface area contributed by atoms with Crippen molar-refractivity contribution in [2.45, 2.75) is 50.6 Å². The Morgan fingerprint density at radius 3 is 2.94 bits per heavy atom. The second-order valence-electron chi connectivity index (χ2n) is 5.30. The zero-order chi connectivity index (χ0) is 12.5. The molecule has 0 aliphatic heterocycles. The van der Waals surface area contributed by atoms with Gasteiger partial charge in [0.2, 0.25) is 0 Å². The molecule has 2 unspecified atom stereocenters. The molecule has 1 aromatic heterocycles. The van der Waals surface area contributed by atoms with Crippen LogP contribution in [0.25, 0.3) is 0 Å². The van der Waals surface area contributed by atoms with E-state index in [0.717, 1.165) is 50.0 Å². The van der Waals surface area contributed by atoms with E-state index in [1.807, 2.05) is 6.07 Å². The molecule has 0 bridgehead atoms. The molecule has 0 aromatic carbocycles. The number of rotatable bonds is 2. The van der Waals surface area contributed by atoms with Crippen molar-refractivity contribution in [1.29, 1.82) is 5.26 Å². The lowest BCUT2D eigenvalue weighted by molar-refractivity contribution is 0.635. The highest BCUT2D eigenvalue weighted by Gasteiger charge is 2.25. The van der Waals surface area contributed by atoms with Crippen molar-refractivity contribution >= 4 is 5.82 Å². The number of fused-ring (bicyclic) bond motifs is 1. The summed E-state index contributed by atoms with van der Waals surface area (Å²) in [4.78, 5) is 4.63. The molecule has 2 atom stereocenters. The molecule has 4 heteroatoms. The molecule has 3 N–H and O–H groups in total. The molecule has 0 saturated heterocycles. The summed E-state index contributed by atoms with van der Waals surface area (Å²) in [7, 11) is 0. The Balaban J connectivity index is 1.89. The molecule has 1 aromatic rings. The molecule has 4 nitrogen and oxygen atoms in total. The second kappa shape index (κ2) is 4.58. The van der Waals surface area contributed by atoms with Gasteiger partial charge < -0.3 is 11.1 Å². The van der Waals surface area contributed by atoms with Crippen molar-refractivity contribution in [3.05, 3.63) is 22.9 Å². The molecule has 18 heavy (non-hydrogen) atoms. The lowest BCUT2D eigenvalue weighted by Gasteiger charge is -2.19. The van der Waals surface area contributed by atoms with E-state index in [9.17, 15) is 5.26 Å². The predicted molar refractivity (Wildman–Crippen MR) is 70.2 cm³/mol. The average Bonchev–Trinajstić information content (AvgIpc) is 2.98. The van der Waals surface area contributed by atoms with Gasteiger partial charge in [0.25, 0.3) is 0 Å². The number of pyridine rings is 1. The summed E-state index contributed by atoms with van der Waals surface area (Å²) >= 11 is 0. The molecular formula is C14H18N4. The summed E-state index contributed by atoms with van der Waals surface area (Å²) in [5.74, 6) is 0.737. The van der Waals surface area contributed by atoms with Gasteiger partial charge in [-0.05, 0) is 50.2 Å².